The lowest BCUT2D eigenvalue weighted by molar-refractivity contribution is -0.114. The lowest BCUT2D eigenvalue weighted by atomic mass is 10.1. The zero-order chi connectivity index (χ0) is 21.7. The van der Waals surface area contributed by atoms with Gasteiger partial charge in [-0.2, -0.15) is 0 Å². The number of aromatic amines is 1. The number of nitrogens with one attached hydrogen (secondary N) is 2. The number of ketones is 1. The van der Waals surface area contributed by atoms with Crippen molar-refractivity contribution < 1.29 is 14.3 Å². The highest BCUT2D eigenvalue weighted by Gasteiger charge is 2.15. The van der Waals surface area contributed by atoms with Crippen LogP contribution in [0, 0.1) is 0 Å². The standard InChI is InChI=1S/C20H19ClN4O3S2/c1-11(26)22-15-6-4-12(8-18(15)29-3)16(27)10-30-20-23-19(24-25-20)14-9-13(21)5-7-17(14)28-2/h4-9H,10H2,1-3H3,(H,22,26)(H,23,24,25). The molecular formula is C20H19ClN4O3S2. The van der Waals surface area contributed by atoms with E-state index in [4.69, 9.17) is 16.3 Å². The molecule has 2 aromatic carbocycles. The van der Waals surface area contributed by atoms with Crippen molar-refractivity contribution in [2.75, 3.05) is 24.4 Å². The Morgan fingerprint density at radius 3 is 2.73 bits per heavy atom. The molecule has 0 aliphatic carbocycles. The first-order chi connectivity index (χ1) is 14.4. The normalized spacial score (nSPS) is 10.7. The maximum absolute atomic E-state index is 12.6. The highest BCUT2D eigenvalue weighted by atomic mass is 35.5. The monoisotopic (exact) mass is 462 g/mol. The zero-order valence-corrected chi connectivity index (χ0v) is 18.9. The average molecular weight is 463 g/mol. The molecule has 0 saturated heterocycles. The highest BCUT2D eigenvalue weighted by Crippen LogP contribution is 2.31. The second-order valence-electron chi connectivity index (χ2n) is 6.12. The SMILES string of the molecule is COc1ccc(Cl)cc1-c1nc(SCC(=O)c2ccc(NC(C)=O)c(SC)c2)n[nH]1. The third-order valence-corrected chi connectivity index (χ3v) is 5.91. The molecule has 0 saturated carbocycles. The Kier molecular flexibility index (Phi) is 7.41. The molecule has 0 fully saturated rings. The van der Waals surface area contributed by atoms with E-state index in [-0.39, 0.29) is 17.4 Å². The second kappa shape index (κ2) is 10.0. The van der Waals surface area contributed by atoms with Crippen molar-refractivity contribution >= 4 is 52.5 Å². The Balaban J connectivity index is 1.70. The van der Waals surface area contributed by atoms with Crippen LogP contribution in [0.25, 0.3) is 11.4 Å². The molecule has 10 heteroatoms. The number of Topliss-reactive ketones (excluding diaryl/α,β-unsaturated/α-hetero) is 1. The third kappa shape index (κ3) is 5.35. The smallest absolute Gasteiger partial charge is 0.221 e. The fraction of sp³-hybridized carbons (Fsp3) is 0.200. The van der Waals surface area contributed by atoms with Crippen molar-refractivity contribution in [1.29, 1.82) is 0 Å². The van der Waals surface area contributed by atoms with Crippen LogP contribution in [0.1, 0.15) is 17.3 Å². The Morgan fingerprint density at radius 2 is 2.03 bits per heavy atom. The van der Waals surface area contributed by atoms with E-state index in [0.717, 1.165) is 4.90 Å². The van der Waals surface area contributed by atoms with Gasteiger partial charge in [-0.1, -0.05) is 23.4 Å². The van der Waals surface area contributed by atoms with Crippen LogP contribution in [0.4, 0.5) is 5.69 Å². The first kappa shape index (κ1) is 22.2. The molecule has 1 heterocycles. The van der Waals surface area contributed by atoms with Crippen LogP contribution in [0.2, 0.25) is 5.02 Å². The summed E-state index contributed by atoms with van der Waals surface area (Å²) in [6.07, 6.45) is 1.89. The largest absolute Gasteiger partial charge is 0.496 e. The van der Waals surface area contributed by atoms with Crippen molar-refractivity contribution in [2.24, 2.45) is 0 Å². The number of hydrogen-bond donors (Lipinski definition) is 2. The number of aromatic nitrogens is 3. The van der Waals surface area contributed by atoms with Gasteiger partial charge in [0.25, 0.3) is 0 Å². The third-order valence-electron chi connectivity index (χ3n) is 4.05. The van der Waals surface area contributed by atoms with Crippen LogP contribution >= 0.6 is 35.1 Å². The minimum absolute atomic E-state index is 0.0589. The van der Waals surface area contributed by atoms with Gasteiger partial charge in [0.1, 0.15) is 5.75 Å². The Bertz CT molecular complexity index is 1090. The molecule has 0 aliphatic heterocycles. The number of carbonyl (C=O) groups excluding carboxylic acids is 2. The molecule has 0 bridgehead atoms. The van der Waals surface area contributed by atoms with Gasteiger partial charge in [-0.15, -0.1) is 16.9 Å². The summed E-state index contributed by atoms with van der Waals surface area (Å²) in [5.41, 5.74) is 1.94. The molecule has 0 unspecified atom stereocenters. The van der Waals surface area contributed by atoms with E-state index in [1.54, 1.807) is 43.5 Å². The zero-order valence-electron chi connectivity index (χ0n) is 16.5. The summed E-state index contributed by atoms with van der Waals surface area (Å²) in [6, 6.07) is 10.4. The summed E-state index contributed by atoms with van der Waals surface area (Å²) in [4.78, 5) is 29.2. The summed E-state index contributed by atoms with van der Waals surface area (Å²) >= 11 is 8.77. The number of ether oxygens (including phenoxy) is 1. The van der Waals surface area contributed by atoms with E-state index in [1.807, 2.05) is 6.26 Å². The molecule has 1 amide bonds. The predicted octanol–water partition coefficient (Wildman–Crippen LogP) is 4.79. The summed E-state index contributed by atoms with van der Waals surface area (Å²) in [6.45, 7) is 1.45. The molecule has 30 heavy (non-hydrogen) atoms. The van der Waals surface area contributed by atoms with E-state index in [1.165, 1.54) is 30.4 Å². The van der Waals surface area contributed by atoms with E-state index >= 15 is 0 Å². The number of nitrogens with zero attached hydrogens (tertiary/aromatic N) is 2. The van der Waals surface area contributed by atoms with Crippen molar-refractivity contribution in [2.45, 2.75) is 17.0 Å². The van der Waals surface area contributed by atoms with E-state index < -0.39 is 0 Å². The fourth-order valence-corrected chi connectivity index (χ4v) is 4.12. The first-order valence-corrected chi connectivity index (χ1v) is 11.4. The van der Waals surface area contributed by atoms with Gasteiger partial charge in [-0.25, -0.2) is 4.98 Å². The van der Waals surface area contributed by atoms with Crippen molar-refractivity contribution in [1.82, 2.24) is 15.2 Å². The minimum Gasteiger partial charge on any atom is -0.496 e. The topological polar surface area (TPSA) is 97.0 Å². The quantitative estimate of drug-likeness (QED) is 0.367. The maximum atomic E-state index is 12.6. The lowest BCUT2D eigenvalue weighted by Gasteiger charge is -2.09. The van der Waals surface area contributed by atoms with Gasteiger partial charge in [0.2, 0.25) is 11.1 Å². The molecule has 156 valence electrons. The van der Waals surface area contributed by atoms with Gasteiger partial charge in [0, 0.05) is 22.4 Å². The first-order valence-electron chi connectivity index (χ1n) is 8.79. The maximum Gasteiger partial charge on any atom is 0.221 e. The number of rotatable bonds is 8. The number of anilines is 1. The number of hydrogen-bond acceptors (Lipinski definition) is 7. The number of carbonyl (C=O) groups is 2. The van der Waals surface area contributed by atoms with Crippen LogP contribution in [-0.4, -0.2) is 46.0 Å². The summed E-state index contributed by atoms with van der Waals surface area (Å²) in [5, 5.41) is 10.8. The number of H-pyrrole nitrogens is 1. The number of thioether (sulfide) groups is 2. The Morgan fingerprint density at radius 1 is 1.23 bits per heavy atom. The fourth-order valence-electron chi connectivity index (χ4n) is 2.67. The van der Waals surface area contributed by atoms with E-state index in [0.29, 0.717) is 38.6 Å². The lowest BCUT2D eigenvalue weighted by Crippen LogP contribution is -2.08. The summed E-state index contributed by atoms with van der Waals surface area (Å²) in [5.74, 6) is 1.09. The van der Waals surface area contributed by atoms with Crippen molar-refractivity contribution in [3.63, 3.8) is 0 Å². The number of methoxy groups -OCH3 is 1. The highest BCUT2D eigenvalue weighted by molar-refractivity contribution is 7.99. The summed E-state index contributed by atoms with van der Waals surface area (Å²) < 4.78 is 5.34. The molecular weight excluding hydrogens is 444 g/mol. The molecule has 3 rings (SSSR count). The Labute approximate surface area is 187 Å². The van der Waals surface area contributed by atoms with Gasteiger partial charge in [-0.3, -0.25) is 14.7 Å². The van der Waals surface area contributed by atoms with E-state index in [2.05, 4.69) is 20.5 Å². The Hall–Kier alpha value is -2.49. The second-order valence-corrected chi connectivity index (χ2v) is 8.35. The number of halogens is 1. The molecule has 0 spiro atoms. The molecule has 3 aromatic rings. The molecule has 7 nitrogen and oxygen atoms in total. The van der Waals surface area contributed by atoms with Gasteiger partial charge in [-0.05, 0) is 42.7 Å². The van der Waals surface area contributed by atoms with Crippen LogP contribution in [0.15, 0.2) is 46.5 Å². The van der Waals surface area contributed by atoms with Crippen LogP contribution < -0.4 is 10.1 Å². The number of benzene rings is 2. The minimum atomic E-state index is -0.156. The van der Waals surface area contributed by atoms with Gasteiger partial charge in [0.05, 0.1) is 24.1 Å². The number of amides is 1. The molecule has 0 atom stereocenters. The van der Waals surface area contributed by atoms with Crippen molar-refractivity contribution in [3.8, 4) is 17.1 Å². The molecule has 0 radical (unpaired) electrons. The van der Waals surface area contributed by atoms with Crippen molar-refractivity contribution in [3.05, 3.63) is 47.0 Å². The van der Waals surface area contributed by atoms with Crippen LogP contribution in [0.5, 0.6) is 5.75 Å². The molecule has 2 N–H and O–H groups in total. The molecule has 1 aromatic heterocycles. The summed E-state index contributed by atoms with van der Waals surface area (Å²) in [7, 11) is 1.57. The average Bonchev–Trinajstić information content (AvgIpc) is 3.20. The van der Waals surface area contributed by atoms with E-state index in [9.17, 15) is 9.59 Å². The van der Waals surface area contributed by atoms with Gasteiger partial charge >= 0.3 is 0 Å². The van der Waals surface area contributed by atoms with Gasteiger partial charge < -0.3 is 10.1 Å². The van der Waals surface area contributed by atoms with Gasteiger partial charge in [0.15, 0.2) is 11.6 Å². The molecule has 0 aliphatic rings. The predicted molar refractivity (Wildman–Crippen MR) is 121 cm³/mol. The van der Waals surface area contributed by atoms with Crippen LogP contribution in [0.3, 0.4) is 0 Å². The van der Waals surface area contributed by atoms with Crippen LogP contribution in [-0.2, 0) is 4.79 Å².